The van der Waals surface area contributed by atoms with E-state index in [1.54, 1.807) is 12.1 Å². The predicted molar refractivity (Wildman–Crippen MR) is 80.7 cm³/mol. The molecule has 1 N–H and O–H groups in total. The summed E-state index contributed by atoms with van der Waals surface area (Å²) in [5, 5.41) is 3.06. The van der Waals surface area contributed by atoms with Crippen LogP contribution in [0.5, 0.6) is 5.75 Å². The fourth-order valence-electron chi connectivity index (χ4n) is 2.36. The van der Waals surface area contributed by atoms with Gasteiger partial charge in [0.15, 0.2) is 0 Å². The van der Waals surface area contributed by atoms with Crippen molar-refractivity contribution >= 4 is 24.8 Å². The van der Waals surface area contributed by atoms with Gasteiger partial charge in [0.05, 0.1) is 7.11 Å². The molecule has 0 saturated carbocycles. The minimum Gasteiger partial charge on any atom is -0.497 e. The monoisotopic (exact) mass is 346 g/mol. The molecule has 21 heavy (non-hydrogen) atoms. The Morgan fingerprint density at radius 2 is 1.81 bits per heavy atom. The summed E-state index contributed by atoms with van der Waals surface area (Å²) in [5.41, 5.74) is 0.230. The van der Waals surface area contributed by atoms with Crippen LogP contribution in [0.2, 0.25) is 0 Å². The van der Waals surface area contributed by atoms with E-state index in [1.165, 1.54) is 24.1 Å². The summed E-state index contributed by atoms with van der Waals surface area (Å²) >= 11 is 0. The van der Waals surface area contributed by atoms with Crippen molar-refractivity contribution in [2.24, 2.45) is 0 Å². The Morgan fingerprint density at radius 3 is 2.33 bits per heavy atom. The van der Waals surface area contributed by atoms with Gasteiger partial charge in [-0.25, -0.2) is 0 Å². The zero-order valence-corrected chi connectivity index (χ0v) is 13.2. The van der Waals surface area contributed by atoms with Crippen LogP contribution < -0.4 is 10.1 Å². The summed E-state index contributed by atoms with van der Waals surface area (Å²) in [5.74, 6) is 0.446. The van der Waals surface area contributed by atoms with Crippen molar-refractivity contribution in [2.75, 3.05) is 33.3 Å². The molecule has 8 heteroatoms. The lowest BCUT2D eigenvalue weighted by Gasteiger charge is -2.36. The van der Waals surface area contributed by atoms with Crippen LogP contribution in [0.1, 0.15) is 11.6 Å². The van der Waals surface area contributed by atoms with Gasteiger partial charge in [-0.3, -0.25) is 4.90 Å². The molecule has 0 radical (unpaired) electrons. The van der Waals surface area contributed by atoms with Crippen LogP contribution in [0.25, 0.3) is 0 Å². The van der Waals surface area contributed by atoms with Crippen molar-refractivity contribution in [2.45, 2.75) is 12.2 Å². The summed E-state index contributed by atoms with van der Waals surface area (Å²) in [6.07, 6.45) is -4.29. The third-order valence-corrected chi connectivity index (χ3v) is 3.24. The van der Waals surface area contributed by atoms with Gasteiger partial charge in [0.25, 0.3) is 0 Å². The van der Waals surface area contributed by atoms with Crippen molar-refractivity contribution in [1.29, 1.82) is 0 Å². The molecule has 1 aliphatic rings. The lowest BCUT2D eigenvalue weighted by atomic mass is 10.0. The van der Waals surface area contributed by atoms with Gasteiger partial charge in [0.2, 0.25) is 0 Å². The first-order valence-electron chi connectivity index (χ1n) is 6.18. The molecule has 1 aliphatic heterocycles. The molecule has 1 aromatic carbocycles. The van der Waals surface area contributed by atoms with E-state index in [9.17, 15) is 13.2 Å². The normalized spacial score (nSPS) is 17.3. The van der Waals surface area contributed by atoms with E-state index in [0.29, 0.717) is 31.9 Å². The zero-order valence-electron chi connectivity index (χ0n) is 11.5. The number of alkyl halides is 3. The fraction of sp³-hybridized carbons (Fsp3) is 0.538. The van der Waals surface area contributed by atoms with Gasteiger partial charge in [-0.15, -0.1) is 24.8 Å². The summed E-state index contributed by atoms with van der Waals surface area (Å²) < 4.78 is 45.0. The van der Waals surface area contributed by atoms with Gasteiger partial charge in [-0.1, -0.05) is 12.1 Å². The maximum atomic E-state index is 13.3. The van der Waals surface area contributed by atoms with Gasteiger partial charge in [-0.2, -0.15) is 13.2 Å². The van der Waals surface area contributed by atoms with Crippen LogP contribution in [0, 0.1) is 0 Å². The summed E-state index contributed by atoms with van der Waals surface area (Å²) in [6.45, 7) is 1.94. The van der Waals surface area contributed by atoms with Crippen molar-refractivity contribution in [3.05, 3.63) is 29.8 Å². The largest absolute Gasteiger partial charge is 0.497 e. The van der Waals surface area contributed by atoms with Crippen LogP contribution in [0.15, 0.2) is 24.3 Å². The smallest absolute Gasteiger partial charge is 0.408 e. The van der Waals surface area contributed by atoms with E-state index in [2.05, 4.69) is 5.32 Å². The highest BCUT2D eigenvalue weighted by Crippen LogP contribution is 2.38. The minimum atomic E-state index is -4.29. The maximum absolute atomic E-state index is 13.3. The Morgan fingerprint density at radius 1 is 1.19 bits per heavy atom. The second kappa shape index (κ2) is 8.68. The molecule has 0 amide bonds. The molecule has 122 valence electrons. The number of piperazine rings is 1. The Labute approximate surface area is 134 Å². The highest BCUT2D eigenvalue weighted by molar-refractivity contribution is 5.85. The van der Waals surface area contributed by atoms with Crippen molar-refractivity contribution in [1.82, 2.24) is 10.2 Å². The number of nitrogens with one attached hydrogen (secondary N) is 1. The Bertz CT molecular complexity index is 426. The first kappa shape index (κ1) is 20.3. The molecule has 0 aliphatic carbocycles. The molecule has 0 aromatic heterocycles. The molecule has 3 nitrogen and oxygen atoms in total. The minimum absolute atomic E-state index is 0. The lowest BCUT2D eigenvalue weighted by molar-refractivity contribution is -0.187. The molecular weight excluding hydrogens is 328 g/mol. The van der Waals surface area contributed by atoms with Gasteiger partial charge < -0.3 is 10.1 Å². The molecule has 0 bridgehead atoms. The first-order valence-corrected chi connectivity index (χ1v) is 6.18. The van der Waals surface area contributed by atoms with E-state index < -0.39 is 12.2 Å². The van der Waals surface area contributed by atoms with Crippen molar-refractivity contribution in [3.63, 3.8) is 0 Å². The van der Waals surface area contributed by atoms with Crippen LogP contribution in [0.3, 0.4) is 0 Å². The second-order valence-corrected chi connectivity index (χ2v) is 4.51. The fourth-order valence-corrected chi connectivity index (χ4v) is 2.36. The van der Waals surface area contributed by atoms with Crippen LogP contribution in [-0.2, 0) is 0 Å². The molecule has 1 heterocycles. The summed E-state index contributed by atoms with van der Waals surface area (Å²) in [4.78, 5) is 1.46. The quantitative estimate of drug-likeness (QED) is 0.910. The number of hydrogen-bond acceptors (Lipinski definition) is 3. The molecule has 1 fully saturated rings. The first-order chi connectivity index (χ1) is 9.02. The molecule has 2 rings (SSSR count). The van der Waals surface area contributed by atoms with E-state index in [-0.39, 0.29) is 30.4 Å². The van der Waals surface area contributed by atoms with E-state index in [4.69, 9.17) is 4.74 Å². The lowest BCUT2D eigenvalue weighted by Crippen LogP contribution is -2.49. The van der Waals surface area contributed by atoms with Crippen LogP contribution in [0.4, 0.5) is 13.2 Å². The Balaban J connectivity index is 0.00000200. The Kier molecular flexibility index (Phi) is 8.39. The van der Waals surface area contributed by atoms with Gasteiger partial charge >= 0.3 is 6.18 Å². The molecule has 0 spiro atoms. The van der Waals surface area contributed by atoms with Gasteiger partial charge in [-0.05, 0) is 17.7 Å². The standard InChI is InChI=1S/C13H17F3N2O.2ClH/c1-19-11-4-2-3-10(9-11)12(13(14,15)16)18-7-5-17-6-8-18;;/h2-4,9,12,17H,5-8H2,1H3;2*1H/t12-;;/m0../s1. The average molecular weight is 347 g/mol. The third kappa shape index (κ3) is 5.21. The third-order valence-electron chi connectivity index (χ3n) is 3.24. The van der Waals surface area contributed by atoms with Crippen LogP contribution in [-0.4, -0.2) is 44.4 Å². The topological polar surface area (TPSA) is 24.5 Å². The molecule has 1 atom stereocenters. The highest BCUT2D eigenvalue weighted by Gasteiger charge is 2.44. The Hall–Kier alpha value is -0.690. The van der Waals surface area contributed by atoms with Gasteiger partial charge in [0, 0.05) is 26.2 Å². The summed E-state index contributed by atoms with van der Waals surface area (Å²) in [6, 6.07) is 4.64. The number of halogens is 5. The number of ether oxygens (including phenoxy) is 1. The molecular formula is C13H19Cl2F3N2O. The van der Waals surface area contributed by atoms with Crippen LogP contribution >= 0.6 is 24.8 Å². The summed E-state index contributed by atoms with van der Waals surface area (Å²) in [7, 11) is 1.45. The number of rotatable bonds is 3. The highest BCUT2D eigenvalue weighted by atomic mass is 35.5. The average Bonchev–Trinajstić information content (AvgIpc) is 2.39. The zero-order chi connectivity index (χ0) is 13.9. The van der Waals surface area contributed by atoms with Crippen molar-refractivity contribution < 1.29 is 17.9 Å². The predicted octanol–water partition coefficient (Wildman–Crippen LogP) is 3.05. The number of nitrogens with zero attached hydrogens (tertiary/aromatic N) is 1. The van der Waals surface area contributed by atoms with Gasteiger partial charge in [0.1, 0.15) is 11.8 Å². The SMILES string of the molecule is COc1cccc([C@H](N2CCNCC2)C(F)(F)F)c1.Cl.Cl. The maximum Gasteiger partial charge on any atom is 0.408 e. The van der Waals surface area contributed by atoms with E-state index in [0.717, 1.165) is 0 Å². The van der Waals surface area contributed by atoms with E-state index >= 15 is 0 Å². The molecule has 1 aromatic rings. The van der Waals surface area contributed by atoms with E-state index in [1.807, 2.05) is 0 Å². The molecule has 1 saturated heterocycles. The molecule has 0 unspecified atom stereocenters. The van der Waals surface area contributed by atoms with Crippen molar-refractivity contribution in [3.8, 4) is 5.75 Å². The number of benzene rings is 1. The number of methoxy groups -OCH3 is 1. The number of hydrogen-bond donors (Lipinski definition) is 1. The second-order valence-electron chi connectivity index (χ2n) is 4.51.